The number of benzene rings is 1. The van der Waals surface area contributed by atoms with E-state index in [9.17, 15) is 23.2 Å². The quantitative estimate of drug-likeness (QED) is 0.608. The predicted molar refractivity (Wildman–Crippen MR) is 93.3 cm³/mol. The molecule has 1 atom stereocenters. The van der Waals surface area contributed by atoms with Gasteiger partial charge in [0.25, 0.3) is 0 Å². The van der Waals surface area contributed by atoms with E-state index in [2.05, 4.69) is 20.0 Å². The summed E-state index contributed by atoms with van der Waals surface area (Å²) in [6.07, 6.45) is -4.78. The van der Waals surface area contributed by atoms with E-state index in [0.717, 1.165) is 23.9 Å². The van der Waals surface area contributed by atoms with Crippen LogP contribution >= 0.6 is 11.8 Å². The number of aromatic nitrogens is 2. The standard InChI is InChI=1S/C17H15F3N4O2S/c1-9-14(8-21)16(23-11(3)22-9)27-10(2)15(25)24-12-4-6-13(7-5-12)26-17(18,19)20/h4-7,10H,1-3H3,(H,24,25). The minimum absolute atomic E-state index is 0.305. The number of nitrogens with zero attached hydrogens (tertiary/aromatic N) is 3. The number of amides is 1. The zero-order valence-corrected chi connectivity index (χ0v) is 15.4. The molecule has 1 unspecified atom stereocenters. The Kier molecular flexibility index (Phi) is 6.28. The fourth-order valence-electron chi connectivity index (χ4n) is 2.10. The van der Waals surface area contributed by atoms with Crippen LogP contribution in [0.25, 0.3) is 0 Å². The third kappa shape index (κ3) is 5.86. The SMILES string of the molecule is Cc1nc(C)c(C#N)c(SC(C)C(=O)Nc2ccc(OC(F)(F)F)cc2)n1. The number of alkyl halides is 3. The van der Waals surface area contributed by atoms with Crippen molar-refractivity contribution in [2.24, 2.45) is 0 Å². The van der Waals surface area contributed by atoms with Gasteiger partial charge in [-0.3, -0.25) is 4.79 Å². The monoisotopic (exact) mass is 396 g/mol. The number of rotatable bonds is 5. The van der Waals surface area contributed by atoms with Crippen molar-refractivity contribution >= 4 is 23.4 Å². The van der Waals surface area contributed by atoms with Crippen LogP contribution in [0.1, 0.15) is 24.0 Å². The van der Waals surface area contributed by atoms with E-state index in [1.807, 2.05) is 6.07 Å². The molecule has 10 heteroatoms. The Hall–Kier alpha value is -2.80. The van der Waals surface area contributed by atoms with E-state index in [-0.39, 0.29) is 11.7 Å². The fourth-order valence-corrected chi connectivity index (χ4v) is 3.10. The zero-order chi connectivity index (χ0) is 20.2. The van der Waals surface area contributed by atoms with Crippen LogP contribution in [0.5, 0.6) is 5.75 Å². The molecule has 6 nitrogen and oxygen atoms in total. The smallest absolute Gasteiger partial charge is 0.406 e. The number of nitriles is 1. The summed E-state index contributed by atoms with van der Waals surface area (Å²) in [6.45, 7) is 5.01. The molecular formula is C17H15F3N4O2S. The summed E-state index contributed by atoms with van der Waals surface area (Å²) in [5.74, 6) is -0.280. The van der Waals surface area contributed by atoms with Crippen LogP contribution in [0.2, 0.25) is 0 Å². The van der Waals surface area contributed by atoms with Gasteiger partial charge in [-0.2, -0.15) is 5.26 Å². The maximum absolute atomic E-state index is 12.3. The Balaban J connectivity index is 2.05. The molecule has 0 radical (unpaired) electrons. The molecule has 1 amide bonds. The summed E-state index contributed by atoms with van der Waals surface area (Å²) >= 11 is 1.10. The average molecular weight is 396 g/mol. The van der Waals surface area contributed by atoms with Gasteiger partial charge in [-0.1, -0.05) is 11.8 Å². The summed E-state index contributed by atoms with van der Waals surface area (Å²) in [4.78, 5) is 20.7. The van der Waals surface area contributed by atoms with Crippen molar-refractivity contribution < 1.29 is 22.7 Å². The Morgan fingerprint density at radius 2 is 1.89 bits per heavy atom. The van der Waals surface area contributed by atoms with E-state index in [0.29, 0.717) is 27.8 Å². The molecule has 142 valence electrons. The summed E-state index contributed by atoms with van der Waals surface area (Å²) in [5.41, 5.74) is 1.15. The Labute approximate surface area is 157 Å². The van der Waals surface area contributed by atoms with Gasteiger partial charge in [0, 0.05) is 5.69 Å². The van der Waals surface area contributed by atoms with Crippen molar-refractivity contribution in [2.45, 2.75) is 37.4 Å². The molecule has 2 aromatic rings. The first-order chi connectivity index (χ1) is 12.6. The molecule has 0 aliphatic rings. The molecule has 0 aliphatic heterocycles. The number of hydrogen-bond donors (Lipinski definition) is 1. The summed E-state index contributed by atoms with van der Waals surface area (Å²) in [5, 5.41) is 11.6. The molecule has 1 heterocycles. The van der Waals surface area contributed by atoms with E-state index in [1.165, 1.54) is 12.1 Å². The number of halogens is 3. The molecule has 0 spiro atoms. The van der Waals surface area contributed by atoms with Gasteiger partial charge in [0.2, 0.25) is 5.91 Å². The zero-order valence-electron chi connectivity index (χ0n) is 14.6. The number of hydrogen-bond acceptors (Lipinski definition) is 6. The van der Waals surface area contributed by atoms with E-state index in [1.54, 1.807) is 20.8 Å². The average Bonchev–Trinajstić information content (AvgIpc) is 2.55. The highest BCUT2D eigenvalue weighted by atomic mass is 32.2. The topological polar surface area (TPSA) is 87.9 Å². The van der Waals surface area contributed by atoms with Gasteiger partial charge in [-0.05, 0) is 45.0 Å². The first-order valence-corrected chi connectivity index (χ1v) is 8.55. The molecular weight excluding hydrogens is 381 g/mol. The van der Waals surface area contributed by atoms with E-state index >= 15 is 0 Å². The summed E-state index contributed by atoms with van der Waals surface area (Å²) in [7, 11) is 0. The number of nitrogens with one attached hydrogen (secondary N) is 1. The second-order valence-electron chi connectivity index (χ2n) is 5.47. The van der Waals surface area contributed by atoms with Gasteiger partial charge in [0.15, 0.2) is 0 Å². The second-order valence-corrected chi connectivity index (χ2v) is 6.80. The van der Waals surface area contributed by atoms with Crippen molar-refractivity contribution in [2.75, 3.05) is 5.32 Å². The van der Waals surface area contributed by atoms with E-state index in [4.69, 9.17) is 0 Å². The lowest BCUT2D eigenvalue weighted by Crippen LogP contribution is -2.23. The molecule has 0 saturated carbocycles. The summed E-state index contributed by atoms with van der Waals surface area (Å²) < 4.78 is 40.2. The van der Waals surface area contributed by atoms with Gasteiger partial charge in [0.05, 0.1) is 10.9 Å². The van der Waals surface area contributed by atoms with Crippen LogP contribution in [0.4, 0.5) is 18.9 Å². The first kappa shape index (κ1) is 20.5. The molecule has 0 saturated heterocycles. The molecule has 2 rings (SSSR count). The number of thioether (sulfide) groups is 1. The predicted octanol–water partition coefficient (Wildman–Crippen LogP) is 3.98. The maximum atomic E-state index is 12.3. The van der Waals surface area contributed by atoms with Gasteiger partial charge in [0.1, 0.15) is 28.2 Å². The lowest BCUT2D eigenvalue weighted by atomic mass is 10.3. The largest absolute Gasteiger partial charge is 0.573 e. The fraction of sp³-hybridized carbons (Fsp3) is 0.294. The van der Waals surface area contributed by atoms with Crippen LogP contribution in [-0.2, 0) is 4.79 Å². The molecule has 0 fully saturated rings. The van der Waals surface area contributed by atoms with Crippen LogP contribution in [0.3, 0.4) is 0 Å². The molecule has 1 N–H and O–H groups in total. The lowest BCUT2D eigenvalue weighted by molar-refractivity contribution is -0.274. The highest BCUT2D eigenvalue weighted by molar-refractivity contribution is 8.00. The van der Waals surface area contributed by atoms with Crippen molar-refractivity contribution in [1.82, 2.24) is 9.97 Å². The maximum Gasteiger partial charge on any atom is 0.573 e. The molecule has 1 aromatic heterocycles. The normalized spacial score (nSPS) is 12.2. The molecule has 0 aliphatic carbocycles. The lowest BCUT2D eigenvalue weighted by Gasteiger charge is -2.14. The highest BCUT2D eigenvalue weighted by Crippen LogP contribution is 2.28. The minimum atomic E-state index is -4.78. The molecule has 0 bridgehead atoms. The number of ether oxygens (including phenoxy) is 1. The van der Waals surface area contributed by atoms with Crippen LogP contribution in [0, 0.1) is 25.2 Å². The Bertz CT molecular complexity index is 879. The van der Waals surface area contributed by atoms with Crippen LogP contribution in [-0.4, -0.2) is 27.5 Å². The first-order valence-electron chi connectivity index (χ1n) is 7.67. The second kappa shape index (κ2) is 8.26. The number of aryl methyl sites for hydroxylation is 2. The Morgan fingerprint density at radius 3 is 2.44 bits per heavy atom. The van der Waals surface area contributed by atoms with Gasteiger partial charge >= 0.3 is 6.36 Å². The molecule has 27 heavy (non-hydrogen) atoms. The van der Waals surface area contributed by atoms with Crippen molar-refractivity contribution in [3.63, 3.8) is 0 Å². The number of carbonyl (C=O) groups is 1. The van der Waals surface area contributed by atoms with Gasteiger partial charge in [-0.25, -0.2) is 9.97 Å². The van der Waals surface area contributed by atoms with Gasteiger partial charge in [-0.15, -0.1) is 13.2 Å². The number of carbonyl (C=O) groups excluding carboxylic acids is 1. The third-order valence-electron chi connectivity index (χ3n) is 3.29. The molecule has 1 aromatic carbocycles. The van der Waals surface area contributed by atoms with Crippen molar-refractivity contribution in [3.8, 4) is 11.8 Å². The Morgan fingerprint density at radius 1 is 1.26 bits per heavy atom. The highest BCUT2D eigenvalue weighted by Gasteiger charge is 2.31. The summed E-state index contributed by atoms with van der Waals surface area (Å²) in [6, 6.07) is 6.84. The van der Waals surface area contributed by atoms with Crippen LogP contribution < -0.4 is 10.1 Å². The van der Waals surface area contributed by atoms with Gasteiger partial charge < -0.3 is 10.1 Å². The third-order valence-corrected chi connectivity index (χ3v) is 4.38. The number of anilines is 1. The van der Waals surface area contributed by atoms with Crippen molar-refractivity contribution in [1.29, 1.82) is 5.26 Å². The van der Waals surface area contributed by atoms with Crippen LogP contribution in [0.15, 0.2) is 29.3 Å². The van der Waals surface area contributed by atoms with E-state index < -0.39 is 11.6 Å². The minimum Gasteiger partial charge on any atom is -0.406 e. The van der Waals surface area contributed by atoms with Crippen molar-refractivity contribution in [3.05, 3.63) is 41.3 Å².